The van der Waals surface area contributed by atoms with E-state index in [4.69, 9.17) is 4.74 Å². The molecule has 2 saturated heterocycles. The van der Waals surface area contributed by atoms with Gasteiger partial charge in [0.25, 0.3) is 0 Å². The number of carbonyl (C=O) groups is 2. The van der Waals surface area contributed by atoms with Gasteiger partial charge in [0.15, 0.2) is 11.6 Å². The van der Waals surface area contributed by atoms with Gasteiger partial charge in [0.2, 0.25) is 5.91 Å². The minimum Gasteiger partial charge on any atom is -0.442 e. The molecule has 4 rings (SSSR count). The van der Waals surface area contributed by atoms with Crippen LogP contribution in [0.4, 0.5) is 25.0 Å². The van der Waals surface area contributed by atoms with Crippen LogP contribution in [0.3, 0.4) is 0 Å². The quantitative estimate of drug-likeness (QED) is 0.794. The van der Waals surface area contributed by atoms with E-state index in [1.807, 2.05) is 0 Å². The Morgan fingerprint density at radius 1 is 1.27 bits per heavy atom. The Balaban J connectivity index is 1.45. The molecule has 9 nitrogen and oxygen atoms in total. The number of benzene rings is 1. The highest BCUT2D eigenvalue weighted by molar-refractivity contribution is 5.90. The predicted octanol–water partition coefficient (Wildman–Crippen LogP) is 1.86. The van der Waals surface area contributed by atoms with Gasteiger partial charge in [-0.15, -0.1) is 5.10 Å². The number of amides is 2. The fraction of sp³-hybridized carbons (Fsp3) is 0.474. The van der Waals surface area contributed by atoms with Crippen molar-refractivity contribution in [3.05, 3.63) is 36.2 Å². The molecule has 0 radical (unpaired) electrons. The number of carbonyl (C=O) groups excluding carboxylic acids is 2. The number of hydrogen-bond donors (Lipinski definition) is 1. The fourth-order valence-electron chi connectivity index (χ4n) is 3.87. The van der Waals surface area contributed by atoms with Gasteiger partial charge in [-0.25, -0.2) is 18.3 Å². The maximum atomic E-state index is 14.9. The summed E-state index contributed by atoms with van der Waals surface area (Å²) in [7, 11) is 0. The fourth-order valence-corrected chi connectivity index (χ4v) is 3.87. The lowest BCUT2D eigenvalue weighted by Gasteiger charge is -2.34. The third-order valence-corrected chi connectivity index (χ3v) is 5.36. The first-order valence-corrected chi connectivity index (χ1v) is 9.74. The van der Waals surface area contributed by atoms with Gasteiger partial charge in [-0.1, -0.05) is 5.21 Å². The second kappa shape index (κ2) is 8.25. The Bertz CT molecular complexity index is 907. The first kappa shape index (κ1) is 20.0. The van der Waals surface area contributed by atoms with E-state index >= 15 is 0 Å². The summed E-state index contributed by atoms with van der Waals surface area (Å²) in [5.74, 6) is -1.72. The standard InChI is InChI=1S/C19H22F2N6O3/c1-12(28)22-10-15-11-26(19(29)30-15)14-8-16(20)18(17(21)9-14)25-5-2-13(3-6-25)27-7-4-23-24-27/h4,7-9,13,15H,2-3,5-6,10-11H2,1H3,(H,22,28)/t15-/m0/s1. The van der Waals surface area contributed by atoms with Crippen LogP contribution in [0.1, 0.15) is 25.8 Å². The van der Waals surface area contributed by atoms with Crippen LogP contribution in [0.15, 0.2) is 24.5 Å². The third-order valence-electron chi connectivity index (χ3n) is 5.36. The first-order chi connectivity index (χ1) is 14.4. The van der Waals surface area contributed by atoms with Gasteiger partial charge in [-0.05, 0) is 12.8 Å². The molecule has 0 spiro atoms. The largest absolute Gasteiger partial charge is 0.442 e. The number of aromatic nitrogens is 3. The van der Waals surface area contributed by atoms with Crippen molar-refractivity contribution in [2.24, 2.45) is 0 Å². The molecule has 0 saturated carbocycles. The average Bonchev–Trinajstić information content (AvgIpc) is 3.36. The van der Waals surface area contributed by atoms with Gasteiger partial charge in [0.05, 0.1) is 31.0 Å². The summed E-state index contributed by atoms with van der Waals surface area (Å²) in [6.07, 6.45) is 3.48. The number of piperidine rings is 1. The van der Waals surface area contributed by atoms with E-state index in [1.165, 1.54) is 11.8 Å². The number of nitrogens with zero attached hydrogens (tertiary/aromatic N) is 5. The Kier molecular flexibility index (Phi) is 5.51. The molecule has 2 aliphatic heterocycles. The minimum absolute atomic E-state index is 0.0848. The van der Waals surface area contributed by atoms with Crippen LogP contribution < -0.4 is 15.1 Å². The zero-order valence-electron chi connectivity index (χ0n) is 16.4. The summed E-state index contributed by atoms with van der Waals surface area (Å²) in [5.41, 5.74) is -0.0141. The second-order valence-corrected chi connectivity index (χ2v) is 7.41. The maximum absolute atomic E-state index is 14.9. The highest BCUT2D eigenvalue weighted by atomic mass is 19.1. The highest BCUT2D eigenvalue weighted by Crippen LogP contribution is 2.33. The van der Waals surface area contributed by atoms with E-state index in [1.54, 1.807) is 22.0 Å². The number of hydrogen-bond acceptors (Lipinski definition) is 6. The molecule has 160 valence electrons. The van der Waals surface area contributed by atoms with E-state index in [9.17, 15) is 18.4 Å². The Hall–Kier alpha value is -3.24. The van der Waals surface area contributed by atoms with Crippen LogP contribution in [0, 0.1) is 11.6 Å². The molecule has 0 aliphatic carbocycles. The number of anilines is 2. The summed E-state index contributed by atoms with van der Waals surface area (Å²) < 4.78 is 36.6. The molecule has 1 aromatic heterocycles. The van der Waals surface area contributed by atoms with Crippen molar-refractivity contribution >= 4 is 23.4 Å². The van der Waals surface area contributed by atoms with E-state index in [-0.39, 0.29) is 36.4 Å². The summed E-state index contributed by atoms with van der Waals surface area (Å²) >= 11 is 0. The van der Waals surface area contributed by atoms with Crippen molar-refractivity contribution in [2.75, 3.05) is 36.0 Å². The third kappa shape index (κ3) is 4.05. The molecule has 0 unspecified atom stereocenters. The Morgan fingerprint density at radius 2 is 1.97 bits per heavy atom. The van der Waals surface area contributed by atoms with Gasteiger partial charge in [-0.3, -0.25) is 9.69 Å². The van der Waals surface area contributed by atoms with Gasteiger partial charge < -0.3 is 15.0 Å². The van der Waals surface area contributed by atoms with Crippen molar-refractivity contribution in [2.45, 2.75) is 31.9 Å². The highest BCUT2D eigenvalue weighted by Gasteiger charge is 2.34. The minimum atomic E-state index is -0.734. The van der Waals surface area contributed by atoms with Gasteiger partial charge in [0.1, 0.15) is 11.8 Å². The molecular weight excluding hydrogens is 398 g/mol. The molecule has 2 amide bonds. The van der Waals surface area contributed by atoms with Crippen molar-refractivity contribution in [1.82, 2.24) is 20.3 Å². The topological polar surface area (TPSA) is 92.6 Å². The second-order valence-electron chi connectivity index (χ2n) is 7.41. The van der Waals surface area contributed by atoms with Crippen LogP contribution in [-0.4, -0.2) is 59.3 Å². The summed E-state index contributed by atoms with van der Waals surface area (Å²) in [6, 6.07) is 2.43. The maximum Gasteiger partial charge on any atom is 0.414 e. The lowest BCUT2D eigenvalue weighted by atomic mass is 10.0. The Labute approximate surface area is 171 Å². The zero-order valence-corrected chi connectivity index (χ0v) is 16.4. The van der Waals surface area contributed by atoms with Crippen LogP contribution in [-0.2, 0) is 9.53 Å². The summed E-state index contributed by atoms with van der Waals surface area (Å²) in [5, 5.41) is 10.4. The van der Waals surface area contributed by atoms with Crippen LogP contribution in [0.25, 0.3) is 0 Å². The summed E-state index contributed by atoms with van der Waals surface area (Å²) in [6.45, 7) is 2.54. The SMILES string of the molecule is CC(=O)NC[C@H]1CN(c2cc(F)c(N3CCC(n4ccnn4)CC3)c(F)c2)C(=O)O1. The molecule has 2 fully saturated rings. The van der Waals surface area contributed by atoms with Crippen molar-refractivity contribution in [3.8, 4) is 0 Å². The molecule has 3 heterocycles. The smallest absolute Gasteiger partial charge is 0.414 e. The molecule has 1 atom stereocenters. The Morgan fingerprint density at radius 3 is 2.57 bits per heavy atom. The van der Waals surface area contributed by atoms with E-state index < -0.39 is 23.8 Å². The molecule has 2 aromatic rings. The van der Waals surface area contributed by atoms with Crippen molar-refractivity contribution in [3.63, 3.8) is 0 Å². The first-order valence-electron chi connectivity index (χ1n) is 9.74. The van der Waals surface area contributed by atoms with E-state index in [0.29, 0.717) is 25.9 Å². The lowest BCUT2D eigenvalue weighted by Crippen LogP contribution is -2.36. The molecule has 1 N–H and O–H groups in total. The normalized spacial score (nSPS) is 19.8. The van der Waals surface area contributed by atoms with Crippen molar-refractivity contribution in [1.29, 1.82) is 0 Å². The van der Waals surface area contributed by atoms with Gasteiger partial charge in [0, 0.05) is 38.3 Å². The lowest BCUT2D eigenvalue weighted by molar-refractivity contribution is -0.119. The van der Waals surface area contributed by atoms with Crippen molar-refractivity contribution < 1.29 is 23.1 Å². The van der Waals surface area contributed by atoms with Gasteiger partial charge in [-0.2, -0.15) is 0 Å². The number of rotatable bonds is 5. The number of nitrogens with one attached hydrogen (secondary N) is 1. The predicted molar refractivity (Wildman–Crippen MR) is 103 cm³/mol. The van der Waals surface area contributed by atoms with E-state index in [2.05, 4.69) is 15.6 Å². The summed E-state index contributed by atoms with van der Waals surface area (Å²) in [4.78, 5) is 26.0. The molecular formula is C19H22F2N6O3. The molecule has 2 aliphatic rings. The number of halogens is 2. The molecule has 0 bridgehead atoms. The van der Waals surface area contributed by atoms with Crippen LogP contribution >= 0.6 is 0 Å². The van der Waals surface area contributed by atoms with E-state index in [0.717, 1.165) is 12.1 Å². The van der Waals surface area contributed by atoms with Crippen LogP contribution in [0.2, 0.25) is 0 Å². The molecule has 1 aromatic carbocycles. The monoisotopic (exact) mass is 420 g/mol. The number of cyclic esters (lactones) is 1. The van der Waals surface area contributed by atoms with Crippen LogP contribution in [0.5, 0.6) is 0 Å². The average molecular weight is 420 g/mol. The number of ether oxygens (including phenoxy) is 1. The molecule has 30 heavy (non-hydrogen) atoms. The zero-order chi connectivity index (χ0) is 21.3. The van der Waals surface area contributed by atoms with Gasteiger partial charge >= 0.3 is 6.09 Å². The molecule has 11 heteroatoms.